The highest BCUT2D eigenvalue weighted by Crippen LogP contribution is 2.21. The summed E-state index contributed by atoms with van der Waals surface area (Å²) in [4.78, 5) is 12.3. The number of carbonyl (C=O) groups is 1. The van der Waals surface area contributed by atoms with Crippen LogP contribution in [0.4, 0.5) is 0 Å². The molecule has 24 heavy (non-hydrogen) atoms. The number of furan rings is 1. The number of halogens is 1. The highest BCUT2D eigenvalue weighted by molar-refractivity contribution is 6.32. The maximum Gasteiger partial charge on any atom is 0.254 e. The lowest BCUT2D eigenvalue weighted by Crippen LogP contribution is -2.38. The third-order valence-electron chi connectivity index (χ3n) is 3.59. The standard InChI is InChI=1S/C17H16ClN3O3/c1-17(23,15-7-4-8-24-15)11-19-16(22)12-9-20-21(10-12)14-6-3-2-5-13(14)18/h2-10,23H,11H2,1H3,(H,19,22). The lowest BCUT2D eigenvalue weighted by Gasteiger charge is -2.20. The number of nitrogens with one attached hydrogen (secondary N) is 1. The first kappa shape index (κ1) is 16.3. The van der Waals surface area contributed by atoms with Gasteiger partial charge in [-0.15, -0.1) is 0 Å². The van der Waals surface area contributed by atoms with Crippen LogP contribution in [0.1, 0.15) is 23.0 Å². The Kier molecular flexibility index (Phi) is 4.42. The molecule has 0 bridgehead atoms. The SMILES string of the molecule is CC(O)(CNC(=O)c1cnn(-c2ccccc2Cl)c1)c1ccco1. The van der Waals surface area contributed by atoms with E-state index in [0.29, 0.717) is 22.0 Å². The third kappa shape index (κ3) is 3.34. The molecule has 0 aliphatic heterocycles. The van der Waals surface area contributed by atoms with Gasteiger partial charge in [0.25, 0.3) is 5.91 Å². The Balaban J connectivity index is 1.70. The fraction of sp³-hybridized carbons (Fsp3) is 0.176. The van der Waals surface area contributed by atoms with E-state index in [2.05, 4.69) is 10.4 Å². The molecule has 6 nitrogen and oxygen atoms in total. The predicted octanol–water partition coefficient (Wildman–Crippen LogP) is 2.76. The van der Waals surface area contributed by atoms with Gasteiger partial charge in [0.1, 0.15) is 11.4 Å². The van der Waals surface area contributed by atoms with E-state index in [1.54, 1.807) is 37.4 Å². The molecule has 0 saturated carbocycles. The monoisotopic (exact) mass is 345 g/mol. The smallest absolute Gasteiger partial charge is 0.254 e. The summed E-state index contributed by atoms with van der Waals surface area (Å²) < 4.78 is 6.71. The first-order valence-electron chi connectivity index (χ1n) is 7.31. The highest BCUT2D eigenvalue weighted by atomic mass is 35.5. The molecule has 1 atom stereocenters. The van der Waals surface area contributed by atoms with Gasteiger partial charge in [0, 0.05) is 6.20 Å². The second kappa shape index (κ2) is 6.51. The Labute approximate surface area is 143 Å². The molecule has 2 N–H and O–H groups in total. The minimum atomic E-state index is -1.29. The quantitative estimate of drug-likeness (QED) is 0.745. The number of aliphatic hydroxyl groups is 1. The van der Waals surface area contributed by atoms with Crippen LogP contribution >= 0.6 is 11.6 Å². The molecule has 1 aromatic carbocycles. The van der Waals surface area contributed by atoms with Crippen molar-refractivity contribution in [3.8, 4) is 5.69 Å². The van der Waals surface area contributed by atoms with E-state index in [-0.39, 0.29) is 12.5 Å². The molecule has 0 spiro atoms. The molecule has 3 aromatic rings. The van der Waals surface area contributed by atoms with Crippen molar-refractivity contribution in [2.45, 2.75) is 12.5 Å². The van der Waals surface area contributed by atoms with Gasteiger partial charge < -0.3 is 14.8 Å². The summed E-state index contributed by atoms with van der Waals surface area (Å²) in [6.07, 6.45) is 4.50. The Bertz CT molecular complexity index is 840. The minimum absolute atomic E-state index is 0.0105. The number of amides is 1. The predicted molar refractivity (Wildman–Crippen MR) is 89.2 cm³/mol. The summed E-state index contributed by atoms with van der Waals surface area (Å²) in [5, 5.41) is 17.7. The van der Waals surface area contributed by atoms with Gasteiger partial charge in [0.05, 0.1) is 35.3 Å². The lowest BCUT2D eigenvalue weighted by atomic mass is 10.0. The van der Waals surface area contributed by atoms with E-state index in [1.807, 2.05) is 12.1 Å². The van der Waals surface area contributed by atoms with Crippen LogP contribution in [0.3, 0.4) is 0 Å². The maximum absolute atomic E-state index is 12.3. The Morgan fingerprint density at radius 2 is 2.17 bits per heavy atom. The first-order valence-corrected chi connectivity index (χ1v) is 7.69. The van der Waals surface area contributed by atoms with Gasteiger partial charge in [-0.1, -0.05) is 23.7 Å². The molecule has 1 amide bonds. The second-order valence-electron chi connectivity index (χ2n) is 5.56. The van der Waals surface area contributed by atoms with E-state index in [4.69, 9.17) is 16.0 Å². The number of benzene rings is 1. The van der Waals surface area contributed by atoms with Crippen LogP contribution in [0.25, 0.3) is 5.69 Å². The largest absolute Gasteiger partial charge is 0.466 e. The molecule has 0 radical (unpaired) electrons. The zero-order chi connectivity index (χ0) is 17.2. The van der Waals surface area contributed by atoms with Crippen LogP contribution < -0.4 is 5.32 Å². The third-order valence-corrected chi connectivity index (χ3v) is 3.91. The number of hydrogen-bond acceptors (Lipinski definition) is 4. The molecule has 124 valence electrons. The van der Waals surface area contributed by atoms with Crippen LogP contribution in [-0.4, -0.2) is 27.3 Å². The summed E-state index contributed by atoms with van der Waals surface area (Å²) in [5.74, 6) is 0.0368. The topological polar surface area (TPSA) is 80.3 Å². The van der Waals surface area contributed by atoms with Crippen molar-refractivity contribution < 1.29 is 14.3 Å². The van der Waals surface area contributed by atoms with Crippen molar-refractivity contribution in [1.29, 1.82) is 0 Å². The van der Waals surface area contributed by atoms with Crippen LogP contribution in [0.2, 0.25) is 5.02 Å². The van der Waals surface area contributed by atoms with E-state index in [0.717, 1.165) is 0 Å². The minimum Gasteiger partial charge on any atom is -0.466 e. The maximum atomic E-state index is 12.3. The number of hydrogen-bond donors (Lipinski definition) is 2. The van der Waals surface area contributed by atoms with E-state index in [9.17, 15) is 9.90 Å². The summed E-state index contributed by atoms with van der Waals surface area (Å²) in [6, 6.07) is 10.5. The Morgan fingerprint density at radius 1 is 1.38 bits per heavy atom. The van der Waals surface area contributed by atoms with Crippen molar-refractivity contribution in [3.05, 3.63) is 71.4 Å². The van der Waals surface area contributed by atoms with Crippen LogP contribution in [0.5, 0.6) is 0 Å². The van der Waals surface area contributed by atoms with Crippen molar-refractivity contribution >= 4 is 17.5 Å². The number of para-hydroxylation sites is 1. The van der Waals surface area contributed by atoms with E-state index in [1.165, 1.54) is 17.1 Å². The van der Waals surface area contributed by atoms with Gasteiger partial charge in [0.15, 0.2) is 0 Å². The van der Waals surface area contributed by atoms with Crippen LogP contribution in [-0.2, 0) is 5.60 Å². The summed E-state index contributed by atoms with van der Waals surface area (Å²) in [5.41, 5.74) is -0.247. The number of carbonyl (C=O) groups excluding carboxylic acids is 1. The molecule has 0 aliphatic rings. The Hall–Kier alpha value is -2.57. The molecule has 0 saturated heterocycles. The van der Waals surface area contributed by atoms with Gasteiger partial charge >= 0.3 is 0 Å². The first-order chi connectivity index (χ1) is 11.5. The van der Waals surface area contributed by atoms with E-state index >= 15 is 0 Å². The summed E-state index contributed by atoms with van der Waals surface area (Å²) >= 11 is 6.12. The zero-order valence-corrected chi connectivity index (χ0v) is 13.7. The average molecular weight is 346 g/mol. The van der Waals surface area contributed by atoms with Crippen LogP contribution in [0.15, 0.2) is 59.5 Å². The fourth-order valence-electron chi connectivity index (χ4n) is 2.24. The Morgan fingerprint density at radius 3 is 2.88 bits per heavy atom. The summed E-state index contributed by atoms with van der Waals surface area (Å²) in [6.45, 7) is 1.58. The average Bonchev–Trinajstić information content (AvgIpc) is 3.25. The van der Waals surface area contributed by atoms with Gasteiger partial charge in [-0.25, -0.2) is 4.68 Å². The van der Waals surface area contributed by atoms with Gasteiger partial charge in [-0.2, -0.15) is 5.10 Å². The molecule has 0 fully saturated rings. The number of rotatable bonds is 5. The molecule has 2 heterocycles. The molecule has 3 rings (SSSR count). The molecular weight excluding hydrogens is 330 g/mol. The lowest BCUT2D eigenvalue weighted by molar-refractivity contribution is 0.0330. The van der Waals surface area contributed by atoms with Crippen molar-refractivity contribution in [3.63, 3.8) is 0 Å². The fourth-order valence-corrected chi connectivity index (χ4v) is 2.46. The van der Waals surface area contributed by atoms with Gasteiger partial charge in [-0.3, -0.25) is 4.79 Å². The van der Waals surface area contributed by atoms with Gasteiger partial charge in [0.2, 0.25) is 0 Å². The molecule has 2 aromatic heterocycles. The molecular formula is C17H16ClN3O3. The summed E-state index contributed by atoms with van der Waals surface area (Å²) in [7, 11) is 0. The second-order valence-corrected chi connectivity index (χ2v) is 5.97. The highest BCUT2D eigenvalue weighted by Gasteiger charge is 2.27. The van der Waals surface area contributed by atoms with Crippen LogP contribution in [0, 0.1) is 0 Å². The number of nitrogens with zero attached hydrogens (tertiary/aromatic N) is 2. The van der Waals surface area contributed by atoms with Crippen molar-refractivity contribution in [2.75, 3.05) is 6.54 Å². The zero-order valence-electron chi connectivity index (χ0n) is 12.9. The molecule has 1 unspecified atom stereocenters. The van der Waals surface area contributed by atoms with E-state index < -0.39 is 5.60 Å². The van der Waals surface area contributed by atoms with Crippen molar-refractivity contribution in [1.82, 2.24) is 15.1 Å². The molecule has 0 aliphatic carbocycles. The van der Waals surface area contributed by atoms with Gasteiger partial charge in [-0.05, 0) is 31.2 Å². The van der Waals surface area contributed by atoms with Crippen molar-refractivity contribution in [2.24, 2.45) is 0 Å². The number of aromatic nitrogens is 2. The molecule has 7 heteroatoms. The normalized spacial score (nSPS) is 13.5.